The number of aryl methyl sites for hydroxylation is 1. The van der Waals surface area contributed by atoms with Crippen molar-refractivity contribution in [2.24, 2.45) is 0 Å². The lowest BCUT2D eigenvalue weighted by molar-refractivity contribution is -0.142. The normalized spacial score (nSPS) is 10.0. The third kappa shape index (κ3) is 3.47. The first kappa shape index (κ1) is 14.5. The molecule has 0 saturated heterocycles. The molecule has 0 saturated carbocycles. The fourth-order valence-corrected chi connectivity index (χ4v) is 1.69. The van der Waals surface area contributed by atoms with Crippen LogP contribution in [0.3, 0.4) is 0 Å². The van der Waals surface area contributed by atoms with Gasteiger partial charge in [0.2, 0.25) is 0 Å². The molecule has 1 rings (SSSR count). The number of carbonyl (C=O) groups is 2. The predicted octanol–water partition coefficient (Wildman–Crippen LogP) is 2.46. The fraction of sp³-hybridized carbons (Fsp3) is 0.385. The highest BCUT2D eigenvalue weighted by atomic mass is 35.5. The van der Waals surface area contributed by atoms with Crippen molar-refractivity contribution in [1.82, 2.24) is 4.90 Å². The monoisotopic (exact) mass is 268 g/mol. The van der Waals surface area contributed by atoms with Crippen molar-refractivity contribution in [3.05, 3.63) is 28.8 Å². The summed E-state index contributed by atoms with van der Waals surface area (Å²) < 4.78 is 0. The van der Waals surface area contributed by atoms with Crippen molar-refractivity contribution in [3.8, 4) is 0 Å². The molecule has 0 aliphatic rings. The van der Waals surface area contributed by atoms with Crippen LogP contribution >= 0.6 is 11.6 Å². The van der Waals surface area contributed by atoms with E-state index in [4.69, 9.17) is 11.6 Å². The van der Waals surface area contributed by atoms with Gasteiger partial charge in [-0.05, 0) is 38.5 Å². The van der Waals surface area contributed by atoms with Crippen molar-refractivity contribution >= 4 is 29.1 Å². The molecular formula is C13H17ClN2O2. The Kier molecular flexibility index (Phi) is 5.16. The molecule has 0 bridgehead atoms. The molecule has 0 atom stereocenters. The van der Waals surface area contributed by atoms with Crippen molar-refractivity contribution in [1.29, 1.82) is 0 Å². The van der Waals surface area contributed by atoms with Gasteiger partial charge < -0.3 is 10.2 Å². The second-order valence-electron chi connectivity index (χ2n) is 3.90. The summed E-state index contributed by atoms with van der Waals surface area (Å²) in [7, 11) is 0. The lowest BCUT2D eigenvalue weighted by atomic mass is 10.2. The smallest absolute Gasteiger partial charge is 0.313 e. The summed E-state index contributed by atoms with van der Waals surface area (Å²) in [5.41, 5.74) is 1.45. The van der Waals surface area contributed by atoms with E-state index in [1.165, 1.54) is 4.90 Å². The maximum absolute atomic E-state index is 11.7. The van der Waals surface area contributed by atoms with Gasteiger partial charge in [0.25, 0.3) is 0 Å². The van der Waals surface area contributed by atoms with E-state index in [1.54, 1.807) is 18.2 Å². The van der Waals surface area contributed by atoms with E-state index in [1.807, 2.05) is 20.8 Å². The number of carbonyl (C=O) groups excluding carboxylic acids is 2. The van der Waals surface area contributed by atoms with Gasteiger partial charge in [0.1, 0.15) is 0 Å². The van der Waals surface area contributed by atoms with Crippen molar-refractivity contribution in [3.63, 3.8) is 0 Å². The summed E-state index contributed by atoms with van der Waals surface area (Å²) >= 11 is 5.95. The number of nitrogens with zero attached hydrogens (tertiary/aromatic N) is 1. The molecule has 0 spiro atoms. The number of hydrogen-bond acceptors (Lipinski definition) is 2. The Bertz CT molecular complexity index is 456. The van der Waals surface area contributed by atoms with E-state index < -0.39 is 11.8 Å². The average molecular weight is 269 g/mol. The number of benzene rings is 1. The zero-order valence-corrected chi connectivity index (χ0v) is 11.5. The molecule has 1 aromatic carbocycles. The van der Waals surface area contributed by atoms with Crippen LogP contribution in [0, 0.1) is 6.92 Å². The van der Waals surface area contributed by atoms with Crippen LogP contribution in [0.15, 0.2) is 18.2 Å². The summed E-state index contributed by atoms with van der Waals surface area (Å²) in [6, 6.07) is 5.14. The number of hydrogen-bond donors (Lipinski definition) is 1. The molecule has 18 heavy (non-hydrogen) atoms. The van der Waals surface area contributed by atoms with Crippen molar-refractivity contribution in [2.75, 3.05) is 18.4 Å². The predicted molar refractivity (Wildman–Crippen MR) is 72.7 cm³/mol. The Morgan fingerprint density at radius 1 is 1.28 bits per heavy atom. The summed E-state index contributed by atoms with van der Waals surface area (Å²) in [4.78, 5) is 24.9. The quantitative estimate of drug-likeness (QED) is 0.856. The van der Waals surface area contributed by atoms with E-state index in [9.17, 15) is 9.59 Å². The van der Waals surface area contributed by atoms with Crippen LogP contribution in [-0.2, 0) is 9.59 Å². The Hall–Kier alpha value is -1.55. The molecule has 0 heterocycles. The third-order valence-corrected chi connectivity index (χ3v) is 3.08. The maximum Gasteiger partial charge on any atom is 0.313 e. The summed E-state index contributed by atoms with van der Waals surface area (Å²) in [6.07, 6.45) is 0. The van der Waals surface area contributed by atoms with Crippen LogP contribution in [0.25, 0.3) is 0 Å². The molecule has 1 N–H and O–H groups in total. The highest BCUT2D eigenvalue weighted by Crippen LogP contribution is 2.19. The zero-order valence-electron chi connectivity index (χ0n) is 10.8. The van der Waals surface area contributed by atoms with Gasteiger partial charge in [-0.1, -0.05) is 17.7 Å². The number of anilines is 1. The summed E-state index contributed by atoms with van der Waals surface area (Å²) in [6.45, 7) is 6.55. The molecule has 5 heteroatoms. The molecular weight excluding hydrogens is 252 g/mol. The standard InChI is InChI=1S/C13H17ClN2O2/c1-4-16(5-2)13(18)12(17)15-10-7-6-9(3)11(14)8-10/h6-8H,4-5H2,1-3H3,(H,15,17). The van der Waals surface area contributed by atoms with Crippen LogP contribution in [-0.4, -0.2) is 29.8 Å². The minimum absolute atomic E-state index is 0.511. The highest BCUT2D eigenvalue weighted by molar-refractivity contribution is 6.39. The van der Waals surface area contributed by atoms with Crippen LogP contribution in [0.4, 0.5) is 5.69 Å². The van der Waals surface area contributed by atoms with E-state index >= 15 is 0 Å². The SMILES string of the molecule is CCN(CC)C(=O)C(=O)Nc1ccc(C)c(Cl)c1. The van der Waals surface area contributed by atoms with E-state index in [2.05, 4.69) is 5.32 Å². The molecule has 0 aromatic heterocycles. The average Bonchev–Trinajstić information content (AvgIpc) is 2.35. The molecule has 0 radical (unpaired) electrons. The first-order valence-electron chi connectivity index (χ1n) is 5.86. The molecule has 98 valence electrons. The van der Waals surface area contributed by atoms with Gasteiger partial charge in [-0.15, -0.1) is 0 Å². The van der Waals surface area contributed by atoms with E-state index in [-0.39, 0.29) is 0 Å². The van der Waals surface area contributed by atoms with Crippen LogP contribution in [0.1, 0.15) is 19.4 Å². The van der Waals surface area contributed by atoms with Gasteiger partial charge in [-0.3, -0.25) is 9.59 Å². The lowest BCUT2D eigenvalue weighted by Gasteiger charge is -2.17. The number of rotatable bonds is 3. The molecule has 2 amide bonds. The van der Waals surface area contributed by atoms with Gasteiger partial charge in [-0.2, -0.15) is 0 Å². The Morgan fingerprint density at radius 2 is 1.89 bits per heavy atom. The lowest BCUT2D eigenvalue weighted by Crippen LogP contribution is -2.39. The Labute approximate surface area is 112 Å². The zero-order chi connectivity index (χ0) is 13.7. The van der Waals surface area contributed by atoms with Crippen LogP contribution in [0.5, 0.6) is 0 Å². The summed E-state index contributed by atoms with van der Waals surface area (Å²) in [5, 5.41) is 3.10. The minimum atomic E-state index is -0.640. The first-order valence-corrected chi connectivity index (χ1v) is 6.23. The Balaban J connectivity index is 2.75. The highest BCUT2D eigenvalue weighted by Gasteiger charge is 2.19. The molecule has 0 fully saturated rings. The van der Waals surface area contributed by atoms with Gasteiger partial charge in [0.15, 0.2) is 0 Å². The topological polar surface area (TPSA) is 49.4 Å². The first-order chi connectivity index (χ1) is 8.49. The fourth-order valence-electron chi connectivity index (χ4n) is 1.51. The van der Waals surface area contributed by atoms with Gasteiger partial charge in [0.05, 0.1) is 0 Å². The van der Waals surface area contributed by atoms with E-state index in [0.29, 0.717) is 23.8 Å². The largest absolute Gasteiger partial charge is 0.335 e. The third-order valence-electron chi connectivity index (χ3n) is 2.67. The van der Waals surface area contributed by atoms with Crippen molar-refractivity contribution in [2.45, 2.75) is 20.8 Å². The number of halogens is 1. The molecule has 4 nitrogen and oxygen atoms in total. The van der Waals surface area contributed by atoms with Gasteiger partial charge >= 0.3 is 11.8 Å². The molecule has 0 aliphatic carbocycles. The number of amides is 2. The molecule has 1 aromatic rings. The number of nitrogens with one attached hydrogen (secondary N) is 1. The van der Waals surface area contributed by atoms with Gasteiger partial charge in [0, 0.05) is 23.8 Å². The maximum atomic E-state index is 11.7. The molecule has 0 unspecified atom stereocenters. The van der Waals surface area contributed by atoms with E-state index in [0.717, 1.165) is 5.56 Å². The van der Waals surface area contributed by atoms with Crippen molar-refractivity contribution < 1.29 is 9.59 Å². The second-order valence-corrected chi connectivity index (χ2v) is 4.30. The van der Waals surface area contributed by atoms with Crippen LogP contribution in [0.2, 0.25) is 5.02 Å². The van der Waals surface area contributed by atoms with Crippen LogP contribution < -0.4 is 5.32 Å². The Morgan fingerprint density at radius 3 is 2.39 bits per heavy atom. The summed E-state index contributed by atoms with van der Waals surface area (Å²) in [5.74, 6) is -1.17. The molecule has 0 aliphatic heterocycles. The second kappa shape index (κ2) is 6.40. The number of likely N-dealkylation sites (N-methyl/N-ethyl adjacent to an activating group) is 1. The van der Waals surface area contributed by atoms with Gasteiger partial charge in [-0.25, -0.2) is 0 Å². The minimum Gasteiger partial charge on any atom is -0.335 e.